The third-order valence-electron chi connectivity index (χ3n) is 7.16. The van der Waals surface area contributed by atoms with Crippen molar-refractivity contribution >= 4 is 0 Å². The first kappa shape index (κ1) is 24.1. The van der Waals surface area contributed by atoms with E-state index in [1.54, 1.807) is 0 Å². The molecule has 180 valence electrons. The molecular formula is C28H39NO4. The number of likely N-dealkylation sites (tertiary alicyclic amines) is 1. The van der Waals surface area contributed by atoms with Crippen molar-refractivity contribution in [2.24, 2.45) is 0 Å². The standard InChI is InChI=1S/C28H39NO4/c1-23-6-10-25(11-7-23)33-22-28(31)16-5-18-29(19-17-28)20-24-8-12-26(13-9-24)32-21-27(30)14-3-2-4-15-27/h6-13,30-31H,2-5,14-22H2,1H3. The average Bonchev–Trinajstić information content (AvgIpc) is 3.00. The van der Waals surface area contributed by atoms with Crippen LogP contribution in [0.5, 0.6) is 11.5 Å². The zero-order valence-corrected chi connectivity index (χ0v) is 20.0. The summed E-state index contributed by atoms with van der Waals surface area (Å²) in [5.41, 5.74) is 0.993. The lowest BCUT2D eigenvalue weighted by Gasteiger charge is -2.31. The summed E-state index contributed by atoms with van der Waals surface area (Å²) < 4.78 is 11.8. The second-order valence-corrected chi connectivity index (χ2v) is 10.2. The third-order valence-corrected chi connectivity index (χ3v) is 7.16. The van der Waals surface area contributed by atoms with Crippen LogP contribution in [0.25, 0.3) is 0 Å². The molecule has 5 heteroatoms. The van der Waals surface area contributed by atoms with E-state index in [2.05, 4.69) is 24.0 Å². The van der Waals surface area contributed by atoms with Gasteiger partial charge in [-0.1, -0.05) is 49.1 Å². The Bertz CT molecular complexity index is 860. The van der Waals surface area contributed by atoms with Crippen molar-refractivity contribution in [2.75, 3.05) is 26.3 Å². The van der Waals surface area contributed by atoms with Crippen molar-refractivity contribution in [1.82, 2.24) is 4.90 Å². The summed E-state index contributed by atoms with van der Waals surface area (Å²) in [6.45, 7) is 5.44. The second kappa shape index (κ2) is 10.9. The van der Waals surface area contributed by atoms with Crippen molar-refractivity contribution in [3.8, 4) is 11.5 Å². The van der Waals surface area contributed by atoms with Gasteiger partial charge in [-0.2, -0.15) is 0 Å². The fraction of sp³-hybridized carbons (Fsp3) is 0.571. The second-order valence-electron chi connectivity index (χ2n) is 10.2. The molecule has 1 saturated carbocycles. The molecule has 1 atom stereocenters. The Balaban J connectivity index is 1.23. The smallest absolute Gasteiger partial charge is 0.119 e. The molecule has 0 radical (unpaired) electrons. The Morgan fingerprint density at radius 2 is 1.24 bits per heavy atom. The predicted octanol–water partition coefficient (Wildman–Crippen LogP) is 4.87. The molecule has 1 aliphatic carbocycles. The fourth-order valence-corrected chi connectivity index (χ4v) is 4.91. The Hall–Kier alpha value is -2.08. The molecule has 1 unspecified atom stereocenters. The molecule has 33 heavy (non-hydrogen) atoms. The number of aliphatic hydroxyl groups is 2. The minimum absolute atomic E-state index is 0.336. The van der Waals surface area contributed by atoms with Crippen LogP contribution in [0.1, 0.15) is 62.5 Å². The van der Waals surface area contributed by atoms with Gasteiger partial charge in [0, 0.05) is 13.1 Å². The van der Waals surface area contributed by atoms with E-state index in [9.17, 15) is 10.2 Å². The zero-order chi connectivity index (χ0) is 23.2. The monoisotopic (exact) mass is 453 g/mol. The molecular weight excluding hydrogens is 414 g/mol. The first-order valence-corrected chi connectivity index (χ1v) is 12.5. The van der Waals surface area contributed by atoms with E-state index in [-0.39, 0.29) is 0 Å². The van der Waals surface area contributed by atoms with E-state index >= 15 is 0 Å². The normalized spacial score (nSPS) is 23.6. The molecule has 2 fully saturated rings. The van der Waals surface area contributed by atoms with Gasteiger partial charge in [0.1, 0.15) is 24.7 Å². The number of nitrogens with zero attached hydrogens (tertiary/aromatic N) is 1. The number of hydrogen-bond acceptors (Lipinski definition) is 5. The summed E-state index contributed by atoms with van der Waals surface area (Å²) in [6.07, 6.45) is 7.47. The van der Waals surface area contributed by atoms with E-state index < -0.39 is 11.2 Å². The van der Waals surface area contributed by atoms with Crippen LogP contribution in [-0.4, -0.2) is 52.6 Å². The van der Waals surface area contributed by atoms with Crippen LogP contribution in [-0.2, 0) is 6.54 Å². The minimum Gasteiger partial charge on any atom is -0.491 e. The fourth-order valence-electron chi connectivity index (χ4n) is 4.91. The quantitative estimate of drug-likeness (QED) is 0.597. The Morgan fingerprint density at radius 1 is 0.697 bits per heavy atom. The van der Waals surface area contributed by atoms with Gasteiger partial charge in [0.15, 0.2) is 0 Å². The number of ether oxygens (including phenoxy) is 2. The van der Waals surface area contributed by atoms with Crippen molar-refractivity contribution < 1.29 is 19.7 Å². The molecule has 2 aromatic rings. The molecule has 2 aliphatic rings. The van der Waals surface area contributed by atoms with Gasteiger partial charge in [0.2, 0.25) is 0 Å². The SMILES string of the molecule is Cc1ccc(OCC2(O)CCCN(Cc3ccc(OCC4(O)CCCCC4)cc3)CC2)cc1. The summed E-state index contributed by atoms with van der Waals surface area (Å²) in [5, 5.41) is 21.7. The zero-order valence-electron chi connectivity index (χ0n) is 20.0. The van der Waals surface area contributed by atoms with Crippen molar-refractivity contribution in [3.63, 3.8) is 0 Å². The van der Waals surface area contributed by atoms with E-state index in [0.29, 0.717) is 19.6 Å². The van der Waals surface area contributed by atoms with Gasteiger partial charge < -0.3 is 19.7 Å². The molecule has 1 aliphatic heterocycles. The molecule has 4 rings (SSSR count). The topological polar surface area (TPSA) is 62.2 Å². The number of benzene rings is 2. The van der Waals surface area contributed by atoms with E-state index in [4.69, 9.17) is 9.47 Å². The van der Waals surface area contributed by atoms with Crippen LogP contribution >= 0.6 is 0 Å². The van der Waals surface area contributed by atoms with Gasteiger partial charge in [-0.15, -0.1) is 0 Å². The molecule has 0 amide bonds. The molecule has 0 aromatic heterocycles. The molecule has 5 nitrogen and oxygen atoms in total. The highest BCUT2D eigenvalue weighted by Gasteiger charge is 2.31. The van der Waals surface area contributed by atoms with Gasteiger partial charge in [0.05, 0.1) is 11.2 Å². The molecule has 0 bridgehead atoms. The van der Waals surface area contributed by atoms with Gasteiger partial charge in [-0.05, 0) is 75.4 Å². The Morgan fingerprint density at radius 3 is 1.88 bits per heavy atom. The van der Waals surface area contributed by atoms with Crippen LogP contribution < -0.4 is 9.47 Å². The molecule has 0 spiro atoms. The maximum atomic E-state index is 11.1. The first-order chi connectivity index (χ1) is 15.9. The maximum Gasteiger partial charge on any atom is 0.119 e. The molecule has 2 aromatic carbocycles. The lowest BCUT2D eigenvalue weighted by molar-refractivity contribution is -0.0339. The Kier molecular flexibility index (Phi) is 7.94. The molecule has 2 N–H and O–H groups in total. The van der Waals surface area contributed by atoms with E-state index in [1.165, 1.54) is 17.5 Å². The van der Waals surface area contributed by atoms with Gasteiger partial charge in [-0.3, -0.25) is 4.90 Å². The summed E-state index contributed by atoms with van der Waals surface area (Å²) in [7, 11) is 0. The highest BCUT2D eigenvalue weighted by molar-refractivity contribution is 5.28. The van der Waals surface area contributed by atoms with Crippen LogP contribution in [0.4, 0.5) is 0 Å². The highest BCUT2D eigenvalue weighted by atomic mass is 16.5. The maximum absolute atomic E-state index is 11.1. The van der Waals surface area contributed by atoms with E-state index in [1.807, 2.05) is 36.4 Å². The first-order valence-electron chi connectivity index (χ1n) is 12.5. The van der Waals surface area contributed by atoms with Crippen LogP contribution in [0.3, 0.4) is 0 Å². The summed E-state index contributed by atoms with van der Waals surface area (Å²) in [4.78, 5) is 2.41. The molecule has 1 saturated heterocycles. The largest absolute Gasteiger partial charge is 0.491 e. The van der Waals surface area contributed by atoms with Crippen LogP contribution in [0.2, 0.25) is 0 Å². The van der Waals surface area contributed by atoms with Crippen LogP contribution in [0.15, 0.2) is 48.5 Å². The van der Waals surface area contributed by atoms with Crippen molar-refractivity contribution in [1.29, 1.82) is 0 Å². The lowest BCUT2D eigenvalue weighted by Crippen LogP contribution is -2.37. The highest BCUT2D eigenvalue weighted by Crippen LogP contribution is 2.29. The summed E-state index contributed by atoms with van der Waals surface area (Å²) in [6, 6.07) is 16.2. The third kappa shape index (κ3) is 7.20. The van der Waals surface area contributed by atoms with Gasteiger partial charge in [0.25, 0.3) is 0 Å². The summed E-state index contributed by atoms with van der Waals surface area (Å²) >= 11 is 0. The van der Waals surface area contributed by atoms with Crippen LogP contribution in [0, 0.1) is 6.92 Å². The van der Waals surface area contributed by atoms with Crippen molar-refractivity contribution in [2.45, 2.75) is 76.0 Å². The number of rotatable bonds is 8. The number of aryl methyl sites for hydroxylation is 1. The number of hydrogen-bond donors (Lipinski definition) is 2. The average molecular weight is 454 g/mol. The summed E-state index contributed by atoms with van der Waals surface area (Å²) in [5.74, 6) is 1.63. The van der Waals surface area contributed by atoms with Crippen molar-refractivity contribution in [3.05, 3.63) is 59.7 Å². The van der Waals surface area contributed by atoms with Gasteiger partial charge >= 0.3 is 0 Å². The predicted molar refractivity (Wildman–Crippen MR) is 131 cm³/mol. The van der Waals surface area contributed by atoms with E-state index in [0.717, 1.165) is 69.7 Å². The minimum atomic E-state index is -0.781. The molecule has 1 heterocycles. The van der Waals surface area contributed by atoms with Gasteiger partial charge in [-0.25, -0.2) is 0 Å². The Labute approximate surface area is 198 Å². The lowest BCUT2D eigenvalue weighted by atomic mass is 9.85.